The fourth-order valence-electron chi connectivity index (χ4n) is 0.708. The molecular formula is C6H6NO4P. The van der Waals surface area contributed by atoms with Crippen molar-refractivity contribution in [3.05, 3.63) is 34.4 Å². The number of benzene rings is 1. The second kappa shape index (κ2) is 3.58. The van der Waals surface area contributed by atoms with Crippen LogP contribution in [0.5, 0.6) is 0 Å². The monoisotopic (exact) mass is 187 g/mol. The molecule has 6 heteroatoms. The zero-order chi connectivity index (χ0) is 9.14. The molecule has 0 aliphatic heterocycles. The lowest BCUT2D eigenvalue weighted by Crippen LogP contribution is -1.99. The number of nitro groups is 1. The van der Waals surface area contributed by atoms with Crippen molar-refractivity contribution in [3.63, 3.8) is 0 Å². The number of hydrogen-bond acceptors (Lipinski definition) is 4. The standard InChI is InChI=1S/C6H6NO4P/c8-7(9)5-1-3-6(4-2-5)12(10)11/h1-4,10-11H. The average molecular weight is 187 g/mol. The van der Waals surface area contributed by atoms with Crippen LogP contribution >= 0.6 is 8.38 Å². The largest absolute Gasteiger partial charge is 0.347 e. The Balaban J connectivity index is 2.93. The third kappa shape index (κ3) is 1.98. The second-order valence-corrected chi connectivity index (χ2v) is 3.16. The lowest BCUT2D eigenvalue weighted by Gasteiger charge is -1.99. The molecule has 5 nitrogen and oxygen atoms in total. The van der Waals surface area contributed by atoms with Crippen LogP contribution in [0.1, 0.15) is 0 Å². The molecule has 1 aromatic rings. The van der Waals surface area contributed by atoms with Crippen molar-refractivity contribution < 1.29 is 14.7 Å². The molecular weight excluding hydrogens is 181 g/mol. The van der Waals surface area contributed by atoms with Gasteiger partial charge in [-0.1, -0.05) is 0 Å². The Morgan fingerprint density at radius 1 is 1.25 bits per heavy atom. The highest BCUT2D eigenvalue weighted by Crippen LogP contribution is 2.22. The minimum absolute atomic E-state index is 0.0596. The van der Waals surface area contributed by atoms with E-state index in [-0.39, 0.29) is 5.69 Å². The maximum atomic E-state index is 10.2. The van der Waals surface area contributed by atoms with Gasteiger partial charge in [0.05, 0.1) is 4.92 Å². The molecule has 64 valence electrons. The van der Waals surface area contributed by atoms with Gasteiger partial charge in [0, 0.05) is 17.4 Å². The Morgan fingerprint density at radius 3 is 2.08 bits per heavy atom. The average Bonchev–Trinajstić information content (AvgIpc) is 2.04. The first kappa shape index (κ1) is 9.06. The fourth-order valence-corrected chi connectivity index (χ4v) is 1.12. The zero-order valence-electron chi connectivity index (χ0n) is 5.91. The van der Waals surface area contributed by atoms with Crippen LogP contribution in [0.25, 0.3) is 0 Å². The van der Waals surface area contributed by atoms with Crippen LogP contribution in [-0.2, 0) is 0 Å². The summed E-state index contributed by atoms with van der Waals surface area (Å²) in [5, 5.41) is 10.5. The Labute approximate surface area is 69.3 Å². The van der Waals surface area contributed by atoms with E-state index in [1.54, 1.807) is 0 Å². The van der Waals surface area contributed by atoms with E-state index < -0.39 is 13.3 Å². The van der Waals surface area contributed by atoms with Crippen molar-refractivity contribution in [1.29, 1.82) is 0 Å². The van der Waals surface area contributed by atoms with Gasteiger partial charge in [0.25, 0.3) is 5.69 Å². The Morgan fingerprint density at radius 2 is 1.75 bits per heavy atom. The molecule has 1 aromatic carbocycles. The molecule has 0 unspecified atom stereocenters. The maximum absolute atomic E-state index is 10.2. The first-order chi connectivity index (χ1) is 5.61. The van der Waals surface area contributed by atoms with Gasteiger partial charge in [0.1, 0.15) is 0 Å². The number of rotatable bonds is 2. The highest BCUT2D eigenvalue weighted by molar-refractivity contribution is 7.54. The van der Waals surface area contributed by atoms with Crippen molar-refractivity contribution in [1.82, 2.24) is 0 Å². The van der Waals surface area contributed by atoms with E-state index in [0.29, 0.717) is 5.30 Å². The van der Waals surface area contributed by atoms with Crippen molar-refractivity contribution >= 4 is 19.4 Å². The summed E-state index contributed by atoms with van der Waals surface area (Å²) in [6, 6.07) is 5.11. The molecule has 2 N–H and O–H groups in total. The van der Waals surface area contributed by atoms with E-state index in [1.807, 2.05) is 0 Å². The lowest BCUT2D eigenvalue weighted by atomic mass is 10.3. The predicted molar refractivity (Wildman–Crippen MR) is 44.1 cm³/mol. The predicted octanol–water partition coefficient (Wildman–Crippen LogP) is 0.517. The zero-order valence-corrected chi connectivity index (χ0v) is 6.81. The van der Waals surface area contributed by atoms with Crippen molar-refractivity contribution in [2.24, 2.45) is 0 Å². The van der Waals surface area contributed by atoms with Crippen LogP contribution in [0.15, 0.2) is 24.3 Å². The van der Waals surface area contributed by atoms with Gasteiger partial charge in [-0.05, 0) is 12.1 Å². The SMILES string of the molecule is O=[N+]([O-])c1ccc(P(O)O)cc1. The molecule has 0 atom stereocenters. The normalized spacial score (nSPS) is 10.2. The first-order valence-corrected chi connectivity index (χ1v) is 4.28. The fraction of sp³-hybridized carbons (Fsp3) is 0. The topological polar surface area (TPSA) is 83.6 Å². The molecule has 1 rings (SSSR count). The summed E-state index contributed by atoms with van der Waals surface area (Å²) in [6.45, 7) is 0. The van der Waals surface area contributed by atoms with Crippen molar-refractivity contribution in [2.45, 2.75) is 0 Å². The lowest BCUT2D eigenvalue weighted by molar-refractivity contribution is -0.384. The quantitative estimate of drug-likeness (QED) is 0.401. The third-order valence-corrected chi connectivity index (χ3v) is 2.05. The third-order valence-electron chi connectivity index (χ3n) is 1.29. The van der Waals surface area contributed by atoms with Crippen LogP contribution in [0, 0.1) is 10.1 Å². The van der Waals surface area contributed by atoms with Gasteiger partial charge in [-0.3, -0.25) is 10.1 Å². The summed E-state index contributed by atoms with van der Waals surface area (Å²) in [5.74, 6) is 0. The highest BCUT2D eigenvalue weighted by Gasteiger charge is 2.07. The number of nitrogens with zero attached hydrogens (tertiary/aromatic N) is 1. The van der Waals surface area contributed by atoms with Gasteiger partial charge in [-0.2, -0.15) is 0 Å². The molecule has 0 spiro atoms. The number of hydrogen-bond donors (Lipinski definition) is 2. The van der Waals surface area contributed by atoms with Crippen LogP contribution in [0.4, 0.5) is 5.69 Å². The van der Waals surface area contributed by atoms with E-state index in [4.69, 9.17) is 9.79 Å². The van der Waals surface area contributed by atoms with Crippen LogP contribution in [0.3, 0.4) is 0 Å². The Hall–Kier alpha value is -1.03. The maximum Gasteiger partial charge on any atom is 0.269 e. The van der Waals surface area contributed by atoms with Crippen molar-refractivity contribution in [3.8, 4) is 0 Å². The first-order valence-electron chi connectivity index (χ1n) is 3.03. The Kier molecular flexibility index (Phi) is 2.70. The minimum atomic E-state index is -2.15. The van der Waals surface area contributed by atoms with Gasteiger partial charge in [-0.15, -0.1) is 0 Å². The molecule has 0 fully saturated rings. The molecule has 0 heterocycles. The van der Waals surface area contributed by atoms with Gasteiger partial charge >= 0.3 is 0 Å². The van der Waals surface area contributed by atoms with E-state index in [0.717, 1.165) is 0 Å². The summed E-state index contributed by atoms with van der Waals surface area (Å²) >= 11 is 0. The van der Waals surface area contributed by atoms with Crippen LogP contribution < -0.4 is 5.30 Å². The minimum Gasteiger partial charge on any atom is -0.347 e. The van der Waals surface area contributed by atoms with E-state index >= 15 is 0 Å². The molecule has 0 radical (unpaired) electrons. The summed E-state index contributed by atoms with van der Waals surface area (Å²) in [7, 11) is -2.15. The van der Waals surface area contributed by atoms with E-state index in [2.05, 4.69) is 0 Å². The van der Waals surface area contributed by atoms with Crippen LogP contribution in [0.2, 0.25) is 0 Å². The molecule has 0 aliphatic rings. The summed E-state index contributed by atoms with van der Waals surface area (Å²) in [5.41, 5.74) is -0.0596. The van der Waals surface area contributed by atoms with E-state index in [1.165, 1.54) is 24.3 Å². The van der Waals surface area contributed by atoms with Gasteiger partial charge in [0.15, 0.2) is 8.38 Å². The highest BCUT2D eigenvalue weighted by atomic mass is 31.2. The second-order valence-electron chi connectivity index (χ2n) is 2.06. The number of non-ortho nitro benzene ring substituents is 1. The molecule has 12 heavy (non-hydrogen) atoms. The molecule has 0 saturated carbocycles. The summed E-state index contributed by atoms with van der Waals surface area (Å²) in [6.07, 6.45) is 0. The van der Waals surface area contributed by atoms with Gasteiger partial charge in [-0.25, -0.2) is 0 Å². The molecule has 0 aliphatic carbocycles. The summed E-state index contributed by atoms with van der Waals surface area (Å²) in [4.78, 5) is 27.0. The van der Waals surface area contributed by atoms with Gasteiger partial charge in [0.2, 0.25) is 0 Å². The number of nitro benzene ring substituents is 1. The van der Waals surface area contributed by atoms with Crippen LogP contribution in [-0.4, -0.2) is 14.7 Å². The van der Waals surface area contributed by atoms with E-state index in [9.17, 15) is 10.1 Å². The molecule has 0 amide bonds. The smallest absolute Gasteiger partial charge is 0.269 e. The van der Waals surface area contributed by atoms with Crippen molar-refractivity contribution in [2.75, 3.05) is 0 Å². The Bertz CT molecular complexity index is 284. The molecule has 0 saturated heterocycles. The van der Waals surface area contributed by atoms with Gasteiger partial charge < -0.3 is 9.79 Å². The molecule has 0 bridgehead atoms. The summed E-state index contributed by atoms with van der Waals surface area (Å²) < 4.78 is 0. The molecule has 0 aromatic heterocycles.